The second kappa shape index (κ2) is 5.30. The Morgan fingerprint density at radius 3 is 2.76 bits per heavy atom. The molecule has 17 heavy (non-hydrogen) atoms. The molecule has 0 spiro atoms. The van der Waals surface area contributed by atoms with Gasteiger partial charge in [0.15, 0.2) is 4.98 Å². The third-order valence-corrected chi connectivity index (χ3v) is 2.50. The first-order chi connectivity index (χ1) is 8.02. The number of likely N-dealkylation sites (tertiary alicyclic amines) is 1. The predicted octanol–water partition coefficient (Wildman–Crippen LogP) is 0.998. The van der Waals surface area contributed by atoms with Crippen molar-refractivity contribution >= 4 is 11.8 Å². The van der Waals surface area contributed by atoms with E-state index in [0.29, 0.717) is 6.42 Å². The Morgan fingerprint density at radius 2 is 2.35 bits per heavy atom. The highest BCUT2D eigenvalue weighted by molar-refractivity contribution is 6.06. The van der Waals surface area contributed by atoms with Gasteiger partial charge in [-0.15, -0.1) is 0 Å². The Kier molecular flexibility index (Phi) is 4.04. The second-order valence-corrected chi connectivity index (χ2v) is 3.67. The van der Waals surface area contributed by atoms with Gasteiger partial charge in [0.2, 0.25) is 11.3 Å². The number of diazo groups is 1. The van der Waals surface area contributed by atoms with Crippen LogP contribution in [0.4, 0.5) is 0 Å². The highest BCUT2D eigenvalue weighted by Gasteiger charge is 2.42. The molecule has 1 aliphatic heterocycles. The first-order valence-electron chi connectivity index (χ1n) is 5.29. The van der Waals surface area contributed by atoms with Gasteiger partial charge in [-0.1, -0.05) is 6.92 Å². The molecule has 1 saturated heterocycles. The van der Waals surface area contributed by atoms with Gasteiger partial charge in [0, 0.05) is 12.5 Å². The zero-order valence-corrected chi connectivity index (χ0v) is 9.71. The zero-order valence-electron chi connectivity index (χ0n) is 9.71. The van der Waals surface area contributed by atoms with Gasteiger partial charge >= 0.3 is 17.5 Å². The maximum absolute atomic E-state index is 11.8. The van der Waals surface area contributed by atoms with Crippen LogP contribution in [0.2, 0.25) is 0 Å². The molecule has 0 radical (unpaired) electrons. The Morgan fingerprint density at radius 1 is 1.71 bits per heavy atom. The van der Waals surface area contributed by atoms with Crippen LogP contribution in [0, 0.1) is 11.3 Å². The van der Waals surface area contributed by atoms with Crippen LogP contribution in [0.1, 0.15) is 20.3 Å². The molecule has 1 atom stereocenters. The summed E-state index contributed by atoms with van der Waals surface area (Å²) in [5.41, 5.74) is -0.658. The molecule has 0 bridgehead atoms. The molecule has 7 heteroatoms. The smallest absolute Gasteiger partial charge is 0.475 e. The molecule has 1 fully saturated rings. The van der Waals surface area contributed by atoms with Crippen LogP contribution >= 0.6 is 0 Å². The average Bonchev–Trinajstić information content (AvgIpc) is 2.61. The van der Waals surface area contributed by atoms with E-state index in [1.807, 2.05) is 0 Å². The molecule has 1 N–H and O–H groups in total. The first kappa shape index (κ1) is 13.0. The summed E-state index contributed by atoms with van der Waals surface area (Å²) in [6.45, 7) is 3.66. The zero-order chi connectivity index (χ0) is 13.0. The van der Waals surface area contributed by atoms with Gasteiger partial charge in [-0.25, -0.2) is 0 Å². The second-order valence-electron chi connectivity index (χ2n) is 3.67. The number of hydrogen-bond donors (Lipinski definition) is 1. The van der Waals surface area contributed by atoms with E-state index in [1.54, 1.807) is 13.8 Å². The summed E-state index contributed by atoms with van der Waals surface area (Å²) in [6, 6.07) is 0. The topological polar surface area (TPSA) is 95.0 Å². The minimum Gasteiger partial charge on any atom is -0.475 e. The van der Waals surface area contributed by atoms with Gasteiger partial charge in [0.1, 0.15) is 0 Å². The first-order valence-corrected chi connectivity index (χ1v) is 5.29. The molecule has 1 aliphatic rings. The van der Waals surface area contributed by atoms with Crippen molar-refractivity contribution < 1.29 is 19.4 Å². The maximum atomic E-state index is 11.8. The number of ether oxygens (including phenoxy) is 1. The largest absolute Gasteiger partial charge is 0.528 e. The van der Waals surface area contributed by atoms with E-state index < -0.39 is 17.5 Å². The van der Waals surface area contributed by atoms with Gasteiger partial charge in [-0.2, -0.15) is 0 Å². The Hall–Kier alpha value is -2.10. The van der Waals surface area contributed by atoms with E-state index in [0.717, 1.165) is 4.90 Å². The third kappa shape index (κ3) is 2.53. The van der Waals surface area contributed by atoms with Gasteiger partial charge in [0.05, 0.1) is 6.61 Å². The normalized spacial score (nSPS) is 20.9. The molecule has 0 aromatic heterocycles. The fourth-order valence-corrected chi connectivity index (χ4v) is 1.53. The minimum atomic E-state index is -0.854. The number of carbonyl (C=O) groups is 2. The van der Waals surface area contributed by atoms with Crippen molar-refractivity contribution in [2.75, 3.05) is 13.2 Å². The highest BCUT2D eigenvalue weighted by atomic mass is 16.6. The van der Waals surface area contributed by atoms with E-state index in [-0.39, 0.29) is 25.0 Å². The number of carbonyl (C=O) groups excluding carboxylic acids is 2. The van der Waals surface area contributed by atoms with E-state index in [4.69, 9.17) is 5.39 Å². The fraction of sp³-hybridized carbons (Fsp3) is 0.600. The minimum absolute atomic E-state index is 0.114. The van der Waals surface area contributed by atoms with Crippen LogP contribution in [-0.2, 0) is 14.3 Å². The Balaban J connectivity index is 2.93. The molecular formula is C10H14N3O4+. The Bertz CT molecular complexity index is 410. The number of imide groups is 1. The molecule has 0 aromatic rings. The number of rotatable bonds is 3. The molecule has 1 unspecified atom stereocenters. The van der Waals surface area contributed by atoms with E-state index in [9.17, 15) is 14.7 Å². The molecule has 2 amide bonds. The van der Waals surface area contributed by atoms with Gasteiger partial charge in [0.25, 0.3) is 0 Å². The molecule has 0 saturated carbocycles. The van der Waals surface area contributed by atoms with E-state index in [1.165, 1.54) is 0 Å². The van der Waals surface area contributed by atoms with Crippen molar-refractivity contribution in [3.05, 3.63) is 16.6 Å². The van der Waals surface area contributed by atoms with Crippen LogP contribution < -0.4 is 0 Å². The molecule has 1 rings (SSSR count). The quantitative estimate of drug-likeness (QED) is 0.451. The number of amides is 2. The standard InChI is InChI=1S/C10H13N3O4/c1-3-17-10(16)7(12-11)9(15)13-5-4-6(2)8(13)14/h6H,3-5H2,1-2H3/p+1. The summed E-state index contributed by atoms with van der Waals surface area (Å²) >= 11 is 0. The SMILES string of the molecule is CCO/C(O)=C(\[N+]#N)C(=O)N1CCC(C)C1=O. The van der Waals surface area contributed by atoms with Crippen LogP contribution in [0.25, 0.3) is 4.98 Å². The summed E-state index contributed by atoms with van der Waals surface area (Å²) in [7, 11) is 0. The van der Waals surface area contributed by atoms with Crippen molar-refractivity contribution in [3.8, 4) is 0 Å². The number of aliphatic hydroxyl groups excluding tert-OH is 1. The lowest BCUT2D eigenvalue weighted by molar-refractivity contribution is -0.141. The number of hydrogen-bond acceptors (Lipinski definition) is 5. The lowest BCUT2D eigenvalue weighted by Gasteiger charge is -2.09. The van der Waals surface area contributed by atoms with Crippen LogP contribution in [-0.4, -0.2) is 35.0 Å². The van der Waals surface area contributed by atoms with Crippen LogP contribution in [0.15, 0.2) is 11.6 Å². The molecule has 7 nitrogen and oxygen atoms in total. The summed E-state index contributed by atoms with van der Waals surface area (Å²) in [4.78, 5) is 27.0. The maximum Gasteiger partial charge on any atom is 0.528 e. The summed E-state index contributed by atoms with van der Waals surface area (Å²) < 4.78 is 4.66. The van der Waals surface area contributed by atoms with E-state index >= 15 is 0 Å². The lowest BCUT2D eigenvalue weighted by atomic mass is 10.1. The summed E-state index contributed by atoms with van der Waals surface area (Å²) in [5.74, 6) is -2.23. The van der Waals surface area contributed by atoms with Gasteiger partial charge < -0.3 is 9.84 Å². The van der Waals surface area contributed by atoms with Crippen molar-refractivity contribution in [1.29, 1.82) is 5.39 Å². The molecular weight excluding hydrogens is 226 g/mol. The average molecular weight is 240 g/mol. The monoisotopic (exact) mass is 240 g/mol. The molecule has 92 valence electrons. The lowest BCUT2D eigenvalue weighted by Crippen LogP contribution is -2.34. The molecule has 0 aliphatic carbocycles. The van der Waals surface area contributed by atoms with Crippen LogP contribution in [0.5, 0.6) is 0 Å². The summed E-state index contributed by atoms with van der Waals surface area (Å²) in [6.07, 6.45) is 0.554. The molecule has 1 heterocycles. The van der Waals surface area contributed by atoms with Crippen molar-refractivity contribution in [1.82, 2.24) is 4.90 Å². The number of aliphatic hydroxyl groups is 1. The van der Waals surface area contributed by atoms with E-state index in [2.05, 4.69) is 9.71 Å². The number of nitrogens with zero attached hydrogens (tertiary/aromatic N) is 3. The predicted molar refractivity (Wildman–Crippen MR) is 56.9 cm³/mol. The van der Waals surface area contributed by atoms with Crippen LogP contribution in [0.3, 0.4) is 0 Å². The van der Waals surface area contributed by atoms with Crippen molar-refractivity contribution in [3.63, 3.8) is 0 Å². The fourth-order valence-electron chi connectivity index (χ4n) is 1.53. The summed E-state index contributed by atoms with van der Waals surface area (Å²) in [5, 5.41) is 18.0. The van der Waals surface area contributed by atoms with Crippen molar-refractivity contribution in [2.45, 2.75) is 20.3 Å². The van der Waals surface area contributed by atoms with Gasteiger partial charge in [-0.05, 0) is 13.3 Å². The molecule has 0 aromatic carbocycles. The third-order valence-electron chi connectivity index (χ3n) is 2.50. The highest BCUT2D eigenvalue weighted by Crippen LogP contribution is 2.20. The van der Waals surface area contributed by atoms with Crippen molar-refractivity contribution in [2.24, 2.45) is 5.92 Å². The van der Waals surface area contributed by atoms with Gasteiger partial charge in [-0.3, -0.25) is 14.5 Å². The Labute approximate surface area is 98.3 Å².